The van der Waals surface area contributed by atoms with Crippen molar-refractivity contribution in [1.29, 1.82) is 0 Å². The number of Topliss-reactive ketones (excluding diaryl/α,β-unsaturated/α-hetero) is 1. The van der Waals surface area contributed by atoms with Gasteiger partial charge in [-0.3, -0.25) is 14.5 Å². The molecular formula is C27H24Cl2N2O6S. The minimum atomic E-state index is -1.09. The number of amides is 1. The van der Waals surface area contributed by atoms with E-state index in [0.717, 1.165) is 22.7 Å². The minimum absolute atomic E-state index is 0.0998. The van der Waals surface area contributed by atoms with Crippen LogP contribution >= 0.6 is 34.5 Å². The second kappa shape index (κ2) is 11.6. The van der Waals surface area contributed by atoms with Crippen LogP contribution in [0.25, 0.3) is 5.76 Å². The van der Waals surface area contributed by atoms with Crippen LogP contribution < -0.4 is 9.64 Å². The maximum Gasteiger partial charge on any atom is 0.350 e. The number of carbonyl (C=O) groups is 3. The highest BCUT2D eigenvalue weighted by Gasteiger charge is 2.48. The summed E-state index contributed by atoms with van der Waals surface area (Å²) in [5.74, 6) is -2.29. The molecule has 0 radical (unpaired) electrons. The molecular weight excluding hydrogens is 551 g/mol. The molecule has 1 amide bonds. The molecule has 1 N–H and O–H groups in total. The number of carbonyl (C=O) groups excluding carboxylic acids is 3. The number of ether oxygens (including phenoxy) is 2. The van der Waals surface area contributed by atoms with Gasteiger partial charge in [0.05, 0.1) is 40.6 Å². The topological polar surface area (TPSA) is 106 Å². The third-order valence-electron chi connectivity index (χ3n) is 5.74. The van der Waals surface area contributed by atoms with Crippen molar-refractivity contribution in [3.63, 3.8) is 0 Å². The molecule has 1 atom stereocenters. The number of esters is 1. The molecule has 1 unspecified atom stereocenters. The zero-order valence-electron chi connectivity index (χ0n) is 20.8. The van der Waals surface area contributed by atoms with Gasteiger partial charge in [-0.2, -0.15) is 0 Å². The van der Waals surface area contributed by atoms with Crippen molar-refractivity contribution in [2.75, 3.05) is 18.1 Å². The second-order valence-corrected chi connectivity index (χ2v) is 10.1. The Hall–Kier alpha value is -3.40. The molecule has 198 valence electrons. The Balaban J connectivity index is 1.90. The Morgan fingerprint density at radius 1 is 1.13 bits per heavy atom. The van der Waals surface area contributed by atoms with Gasteiger partial charge in [0.25, 0.3) is 5.78 Å². The molecule has 4 rings (SSSR count). The van der Waals surface area contributed by atoms with Gasteiger partial charge in [0.15, 0.2) is 5.13 Å². The van der Waals surface area contributed by atoms with E-state index in [0.29, 0.717) is 29.2 Å². The van der Waals surface area contributed by atoms with E-state index in [1.165, 1.54) is 12.1 Å². The molecule has 38 heavy (non-hydrogen) atoms. The first-order valence-electron chi connectivity index (χ1n) is 11.8. The van der Waals surface area contributed by atoms with E-state index in [2.05, 4.69) is 4.98 Å². The average molecular weight is 575 g/mol. The van der Waals surface area contributed by atoms with Gasteiger partial charge in [-0.15, -0.1) is 0 Å². The van der Waals surface area contributed by atoms with Crippen LogP contribution in [-0.2, 0) is 14.3 Å². The maximum atomic E-state index is 13.4. The number of ketones is 1. The summed E-state index contributed by atoms with van der Waals surface area (Å²) in [4.78, 5) is 45.0. The molecule has 0 bridgehead atoms. The minimum Gasteiger partial charge on any atom is -0.507 e. The van der Waals surface area contributed by atoms with Crippen LogP contribution in [0.3, 0.4) is 0 Å². The number of aromatic nitrogens is 1. The Morgan fingerprint density at radius 2 is 1.89 bits per heavy atom. The predicted molar refractivity (Wildman–Crippen MR) is 146 cm³/mol. The Labute approximate surface area is 233 Å². The summed E-state index contributed by atoms with van der Waals surface area (Å²) in [5.41, 5.74) is 0.902. The van der Waals surface area contributed by atoms with E-state index in [1.54, 1.807) is 44.2 Å². The molecule has 2 heterocycles. The fraction of sp³-hybridized carbons (Fsp3) is 0.259. The highest BCUT2D eigenvalue weighted by atomic mass is 35.5. The molecule has 1 aliphatic heterocycles. The van der Waals surface area contributed by atoms with Crippen LogP contribution in [0.1, 0.15) is 52.8 Å². The molecule has 1 aliphatic rings. The zero-order valence-corrected chi connectivity index (χ0v) is 23.1. The van der Waals surface area contributed by atoms with Gasteiger partial charge in [-0.1, -0.05) is 59.7 Å². The summed E-state index contributed by atoms with van der Waals surface area (Å²) in [6.07, 6.45) is 0.791. The van der Waals surface area contributed by atoms with Crippen molar-refractivity contribution >= 4 is 63.1 Å². The molecule has 0 aliphatic carbocycles. The number of anilines is 1. The van der Waals surface area contributed by atoms with Crippen molar-refractivity contribution in [2.24, 2.45) is 0 Å². The lowest BCUT2D eigenvalue weighted by atomic mass is 9.95. The largest absolute Gasteiger partial charge is 0.507 e. The SMILES string of the molecule is CCCOc1cccc(C(O)=C2C(=O)C(=O)N(c3nc(C)c(C(=O)OCC)s3)C2c2ccc(Cl)c(Cl)c2)c1. The predicted octanol–water partition coefficient (Wildman–Crippen LogP) is 6.35. The van der Waals surface area contributed by atoms with Crippen molar-refractivity contribution in [3.05, 3.63) is 79.8 Å². The Morgan fingerprint density at radius 3 is 2.58 bits per heavy atom. The Bertz CT molecular complexity index is 1450. The molecule has 8 nitrogen and oxygen atoms in total. The number of nitrogens with zero attached hydrogens (tertiary/aromatic N) is 2. The van der Waals surface area contributed by atoms with Gasteiger partial charge in [0.1, 0.15) is 16.4 Å². The lowest BCUT2D eigenvalue weighted by Crippen LogP contribution is -2.29. The fourth-order valence-electron chi connectivity index (χ4n) is 4.01. The summed E-state index contributed by atoms with van der Waals surface area (Å²) in [6, 6.07) is 10.2. The second-order valence-electron chi connectivity index (χ2n) is 8.35. The van der Waals surface area contributed by atoms with Gasteiger partial charge in [-0.05, 0) is 50.1 Å². The summed E-state index contributed by atoms with van der Waals surface area (Å²) >= 11 is 13.3. The first kappa shape index (κ1) is 27.6. The number of benzene rings is 2. The lowest BCUT2D eigenvalue weighted by molar-refractivity contribution is -0.132. The van der Waals surface area contributed by atoms with Gasteiger partial charge < -0.3 is 14.6 Å². The standard InChI is InChI=1S/C27H24Cl2N2O6S/c1-4-11-37-17-8-6-7-16(12-17)22(32)20-21(15-9-10-18(28)19(29)13-15)31(25(34)23(20)33)27-30-14(3)24(38-27)26(35)36-5-2/h6-10,12-13,21,32H,4-5,11H2,1-3H3. The van der Waals surface area contributed by atoms with E-state index in [1.807, 2.05) is 6.92 Å². The van der Waals surface area contributed by atoms with E-state index in [9.17, 15) is 19.5 Å². The Kier molecular flexibility index (Phi) is 8.40. The molecule has 2 aromatic carbocycles. The van der Waals surface area contributed by atoms with Crippen molar-refractivity contribution in [3.8, 4) is 5.75 Å². The molecule has 11 heteroatoms. The highest BCUT2D eigenvalue weighted by molar-refractivity contribution is 7.17. The molecule has 1 saturated heterocycles. The van der Waals surface area contributed by atoms with Gasteiger partial charge in [0.2, 0.25) is 0 Å². The van der Waals surface area contributed by atoms with Crippen LogP contribution in [-0.4, -0.2) is 41.0 Å². The quantitative estimate of drug-likeness (QED) is 0.144. The summed E-state index contributed by atoms with van der Waals surface area (Å²) in [5, 5.41) is 12.0. The molecule has 0 spiro atoms. The van der Waals surface area contributed by atoms with E-state index >= 15 is 0 Å². The zero-order chi connectivity index (χ0) is 27.6. The summed E-state index contributed by atoms with van der Waals surface area (Å²) < 4.78 is 10.8. The van der Waals surface area contributed by atoms with Gasteiger partial charge in [0, 0.05) is 5.56 Å². The number of aliphatic hydroxyl groups is 1. The number of aliphatic hydroxyl groups excluding tert-OH is 1. The smallest absolute Gasteiger partial charge is 0.350 e. The number of aryl methyl sites for hydroxylation is 1. The lowest BCUT2D eigenvalue weighted by Gasteiger charge is -2.23. The van der Waals surface area contributed by atoms with Crippen LogP contribution in [0.5, 0.6) is 5.75 Å². The number of hydrogen-bond acceptors (Lipinski definition) is 8. The fourth-order valence-corrected chi connectivity index (χ4v) is 5.30. The third kappa shape index (κ3) is 5.27. The van der Waals surface area contributed by atoms with E-state index in [-0.39, 0.29) is 38.0 Å². The van der Waals surface area contributed by atoms with Crippen LogP contribution in [0.2, 0.25) is 10.0 Å². The summed E-state index contributed by atoms with van der Waals surface area (Å²) in [6.45, 7) is 5.90. The van der Waals surface area contributed by atoms with Crippen LogP contribution in [0, 0.1) is 6.92 Å². The van der Waals surface area contributed by atoms with Crippen molar-refractivity contribution in [1.82, 2.24) is 4.98 Å². The third-order valence-corrected chi connectivity index (χ3v) is 7.61. The average Bonchev–Trinajstić information content (AvgIpc) is 3.41. The van der Waals surface area contributed by atoms with Crippen molar-refractivity contribution in [2.45, 2.75) is 33.2 Å². The molecule has 1 aromatic heterocycles. The highest BCUT2D eigenvalue weighted by Crippen LogP contribution is 2.45. The number of hydrogen-bond donors (Lipinski definition) is 1. The van der Waals surface area contributed by atoms with Gasteiger partial charge in [-0.25, -0.2) is 9.78 Å². The molecule has 1 fully saturated rings. The van der Waals surface area contributed by atoms with E-state index < -0.39 is 23.7 Å². The first-order chi connectivity index (χ1) is 18.2. The van der Waals surface area contributed by atoms with Crippen molar-refractivity contribution < 1.29 is 29.0 Å². The number of rotatable bonds is 8. The molecule has 3 aromatic rings. The number of thiazole rings is 1. The molecule has 0 saturated carbocycles. The monoisotopic (exact) mass is 574 g/mol. The van der Waals surface area contributed by atoms with Gasteiger partial charge >= 0.3 is 11.9 Å². The van der Waals surface area contributed by atoms with Crippen LogP contribution in [0.15, 0.2) is 48.0 Å². The first-order valence-corrected chi connectivity index (χ1v) is 13.4. The summed E-state index contributed by atoms with van der Waals surface area (Å²) in [7, 11) is 0. The maximum absolute atomic E-state index is 13.4. The van der Waals surface area contributed by atoms with E-state index in [4.69, 9.17) is 32.7 Å². The number of halogens is 2. The normalized spacial score (nSPS) is 16.7. The van der Waals surface area contributed by atoms with Crippen LogP contribution in [0.4, 0.5) is 5.13 Å².